The van der Waals surface area contributed by atoms with Crippen molar-refractivity contribution in [3.8, 4) is 5.75 Å². The Morgan fingerprint density at radius 2 is 1.88 bits per heavy atom. The number of hydrogen-bond donors (Lipinski definition) is 0. The summed E-state index contributed by atoms with van der Waals surface area (Å²) in [6.07, 6.45) is 0. The van der Waals surface area contributed by atoms with Crippen molar-refractivity contribution >= 4 is 16.7 Å². The molecular weight excluding hydrogens is 312 g/mol. The Kier molecular flexibility index (Phi) is 4.53. The quantitative estimate of drug-likeness (QED) is 0.723. The molecule has 0 radical (unpaired) electrons. The summed E-state index contributed by atoms with van der Waals surface area (Å²) in [4.78, 5) is 7.14. The van der Waals surface area contributed by atoms with E-state index >= 15 is 0 Å². The topological polar surface area (TPSA) is 34.6 Å². The molecule has 1 aliphatic rings. The van der Waals surface area contributed by atoms with Gasteiger partial charge in [0.05, 0.1) is 13.2 Å². The average Bonchev–Trinajstić information content (AvgIpc) is 2.67. The lowest BCUT2D eigenvalue weighted by atomic mass is 10.1. The molecule has 1 aliphatic heterocycles. The first-order valence-electron chi connectivity index (χ1n) is 8.70. The van der Waals surface area contributed by atoms with Crippen LogP contribution in [0.2, 0.25) is 0 Å². The van der Waals surface area contributed by atoms with Crippen LogP contribution in [-0.2, 0) is 11.3 Å². The van der Waals surface area contributed by atoms with E-state index in [9.17, 15) is 0 Å². The van der Waals surface area contributed by atoms with Crippen LogP contribution >= 0.6 is 0 Å². The van der Waals surface area contributed by atoms with E-state index < -0.39 is 0 Å². The molecule has 2 aromatic carbocycles. The van der Waals surface area contributed by atoms with Crippen molar-refractivity contribution in [2.24, 2.45) is 0 Å². The summed E-state index contributed by atoms with van der Waals surface area (Å²) in [5.74, 6) is 1.82. The molecule has 4 heteroatoms. The largest absolute Gasteiger partial charge is 0.487 e. The molecule has 25 heavy (non-hydrogen) atoms. The lowest BCUT2D eigenvalue weighted by Gasteiger charge is -2.28. The van der Waals surface area contributed by atoms with Gasteiger partial charge in [0.2, 0.25) is 0 Å². The van der Waals surface area contributed by atoms with Crippen LogP contribution in [0.15, 0.2) is 54.6 Å². The zero-order valence-corrected chi connectivity index (χ0v) is 14.4. The first-order valence-corrected chi connectivity index (χ1v) is 8.70. The molecule has 1 saturated heterocycles. The Balaban J connectivity index is 1.61. The zero-order valence-electron chi connectivity index (χ0n) is 14.4. The maximum atomic E-state index is 6.10. The smallest absolute Gasteiger partial charge is 0.146 e. The minimum absolute atomic E-state index is 0.546. The van der Waals surface area contributed by atoms with E-state index in [-0.39, 0.29) is 0 Å². The van der Waals surface area contributed by atoms with Crippen LogP contribution in [0.1, 0.15) is 11.1 Å². The Morgan fingerprint density at radius 3 is 2.72 bits per heavy atom. The van der Waals surface area contributed by atoms with E-state index in [4.69, 9.17) is 14.5 Å². The van der Waals surface area contributed by atoms with Crippen molar-refractivity contribution in [1.29, 1.82) is 0 Å². The number of nitrogens with zero attached hydrogens (tertiary/aromatic N) is 2. The van der Waals surface area contributed by atoms with E-state index in [1.54, 1.807) is 0 Å². The van der Waals surface area contributed by atoms with E-state index in [0.717, 1.165) is 48.8 Å². The van der Waals surface area contributed by atoms with Crippen molar-refractivity contribution in [3.05, 3.63) is 65.7 Å². The average molecular weight is 334 g/mol. The Labute approximate surface area is 148 Å². The van der Waals surface area contributed by atoms with Gasteiger partial charge >= 0.3 is 0 Å². The summed E-state index contributed by atoms with van der Waals surface area (Å²) in [5, 5.41) is 1.10. The third kappa shape index (κ3) is 3.59. The standard InChI is InChI=1S/C21H22N2O2/c1-16-4-2-5-17(14-16)15-25-19-7-3-6-18-8-9-20(22-21(18)19)23-10-12-24-13-11-23/h2-9,14H,10-13,15H2,1H3. The highest BCUT2D eigenvalue weighted by Gasteiger charge is 2.14. The van der Waals surface area contributed by atoms with Gasteiger partial charge in [0, 0.05) is 18.5 Å². The van der Waals surface area contributed by atoms with Crippen LogP contribution in [0.3, 0.4) is 0 Å². The first-order chi connectivity index (χ1) is 12.3. The van der Waals surface area contributed by atoms with Gasteiger partial charge in [0.15, 0.2) is 0 Å². The third-order valence-electron chi connectivity index (χ3n) is 4.48. The normalized spacial score (nSPS) is 14.7. The Bertz CT molecular complexity index is 873. The number of fused-ring (bicyclic) bond motifs is 1. The van der Waals surface area contributed by atoms with Gasteiger partial charge in [0.25, 0.3) is 0 Å². The number of anilines is 1. The summed E-state index contributed by atoms with van der Waals surface area (Å²) in [6.45, 7) is 5.91. The maximum absolute atomic E-state index is 6.10. The lowest BCUT2D eigenvalue weighted by Crippen LogP contribution is -2.36. The number of pyridine rings is 1. The summed E-state index contributed by atoms with van der Waals surface area (Å²) in [5.41, 5.74) is 3.33. The summed E-state index contributed by atoms with van der Waals surface area (Å²) >= 11 is 0. The first kappa shape index (κ1) is 15.9. The van der Waals surface area contributed by atoms with Crippen LogP contribution in [-0.4, -0.2) is 31.3 Å². The van der Waals surface area contributed by atoms with Gasteiger partial charge in [-0.15, -0.1) is 0 Å². The molecule has 1 fully saturated rings. The van der Waals surface area contributed by atoms with Crippen molar-refractivity contribution in [3.63, 3.8) is 0 Å². The van der Waals surface area contributed by atoms with Crippen LogP contribution in [0.5, 0.6) is 5.75 Å². The SMILES string of the molecule is Cc1cccc(COc2cccc3ccc(N4CCOCC4)nc23)c1. The maximum Gasteiger partial charge on any atom is 0.146 e. The molecule has 4 nitrogen and oxygen atoms in total. The van der Waals surface area contributed by atoms with E-state index in [0.29, 0.717) is 6.61 Å². The van der Waals surface area contributed by atoms with Crippen molar-refractivity contribution < 1.29 is 9.47 Å². The van der Waals surface area contributed by atoms with E-state index in [2.05, 4.69) is 54.3 Å². The highest BCUT2D eigenvalue weighted by Crippen LogP contribution is 2.27. The van der Waals surface area contributed by atoms with Crippen molar-refractivity contribution in [2.75, 3.05) is 31.2 Å². The van der Waals surface area contributed by atoms with Gasteiger partial charge in [-0.3, -0.25) is 0 Å². The number of benzene rings is 2. The molecule has 0 spiro atoms. The fourth-order valence-corrected chi connectivity index (χ4v) is 3.16. The van der Waals surface area contributed by atoms with Crippen LogP contribution < -0.4 is 9.64 Å². The molecular formula is C21H22N2O2. The molecule has 128 valence electrons. The molecule has 3 aromatic rings. The number of ether oxygens (including phenoxy) is 2. The zero-order chi connectivity index (χ0) is 17.1. The second kappa shape index (κ2) is 7.11. The fraction of sp³-hybridized carbons (Fsp3) is 0.286. The molecule has 4 rings (SSSR count). The van der Waals surface area contributed by atoms with Crippen LogP contribution in [0.25, 0.3) is 10.9 Å². The van der Waals surface area contributed by atoms with Gasteiger partial charge in [-0.2, -0.15) is 0 Å². The second-order valence-corrected chi connectivity index (χ2v) is 6.37. The van der Waals surface area contributed by atoms with E-state index in [1.807, 2.05) is 12.1 Å². The third-order valence-corrected chi connectivity index (χ3v) is 4.48. The highest BCUT2D eigenvalue weighted by atomic mass is 16.5. The summed E-state index contributed by atoms with van der Waals surface area (Å²) in [6, 6.07) is 18.7. The number of hydrogen-bond acceptors (Lipinski definition) is 4. The van der Waals surface area contributed by atoms with Gasteiger partial charge in [-0.05, 0) is 30.7 Å². The highest BCUT2D eigenvalue weighted by molar-refractivity contribution is 5.86. The number of aryl methyl sites for hydroxylation is 1. The second-order valence-electron chi connectivity index (χ2n) is 6.37. The molecule has 0 saturated carbocycles. The van der Waals surface area contributed by atoms with Gasteiger partial charge in [-0.1, -0.05) is 42.0 Å². The van der Waals surface area contributed by atoms with Crippen molar-refractivity contribution in [1.82, 2.24) is 4.98 Å². The summed E-state index contributed by atoms with van der Waals surface area (Å²) < 4.78 is 11.5. The predicted octanol–water partition coefficient (Wildman–Crippen LogP) is 3.96. The lowest BCUT2D eigenvalue weighted by molar-refractivity contribution is 0.122. The molecule has 0 unspecified atom stereocenters. The molecule has 0 atom stereocenters. The fourth-order valence-electron chi connectivity index (χ4n) is 3.16. The minimum atomic E-state index is 0.546. The molecule has 0 N–H and O–H groups in total. The van der Waals surface area contributed by atoms with Crippen LogP contribution in [0.4, 0.5) is 5.82 Å². The Hall–Kier alpha value is -2.59. The van der Waals surface area contributed by atoms with Gasteiger partial charge in [-0.25, -0.2) is 4.98 Å². The minimum Gasteiger partial charge on any atom is -0.487 e. The molecule has 0 aliphatic carbocycles. The number of para-hydroxylation sites is 1. The molecule has 0 bridgehead atoms. The monoisotopic (exact) mass is 334 g/mol. The van der Waals surface area contributed by atoms with Crippen molar-refractivity contribution in [2.45, 2.75) is 13.5 Å². The molecule has 0 amide bonds. The number of aromatic nitrogens is 1. The molecule has 1 aromatic heterocycles. The molecule has 2 heterocycles. The summed E-state index contributed by atoms with van der Waals surface area (Å²) in [7, 11) is 0. The number of morpholine rings is 1. The van der Waals surface area contributed by atoms with E-state index in [1.165, 1.54) is 11.1 Å². The van der Waals surface area contributed by atoms with Gasteiger partial charge in [0.1, 0.15) is 23.7 Å². The number of rotatable bonds is 4. The predicted molar refractivity (Wildman–Crippen MR) is 100 cm³/mol. The van der Waals surface area contributed by atoms with Crippen LogP contribution in [0, 0.1) is 6.92 Å². The van der Waals surface area contributed by atoms with Gasteiger partial charge < -0.3 is 14.4 Å². The Morgan fingerprint density at radius 1 is 1.04 bits per heavy atom.